The van der Waals surface area contributed by atoms with E-state index in [0.717, 1.165) is 11.4 Å². The van der Waals surface area contributed by atoms with Crippen molar-refractivity contribution in [2.24, 2.45) is 0 Å². The molecule has 1 aliphatic rings. The summed E-state index contributed by atoms with van der Waals surface area (Å²) in [6.07, 6.45) is 6.90. The van der Waals surface area contributed by atoms with E-state index in [0.29, 0.717) is 6.04 Å². The van der Waals surface area contributed by atoms with Crippen LogP contribution >= 0.6 is 15.9 Å². The molecule has 1 atom stereocenters. The van der Waals surface area contributed by atoms with Gasteiger partial charge < -0.3 is 5.32 Å². The second-order valence-electron chi connectivity index (χ2n) is 3.53. The van der Waals surface area contributed by atoms with Gasteiger partial charge in [0.15, 0.2) is 0 Å². The first-order valence-corrected chi connectivity index (χ1v) is 5.77. The molecule has 0 heterocycles. The maximum atomic E-state index is 3.65. The molecule has 0 aliphatic heterocycles. The third-order valence-corrected chi connectivity index (χ3v) is 2.88. The molecule has 0 aromatic rings. The standard InChI is InChI=1S/C9H18BrN/c1-8(6-7-10)11-9-4-2-3-5-9/h8-9,11H,2-7H2,1H3. The first kappa shape index (κ1) is 9.53. The van der Waals surface area contributed by atoms with E-state index >= 15 is 0 Å². The molecule has 0 bridgehead atoms. The van der Waals surface area contributed by atoms with Crippen molar-refractivity contribution < 1.29 is 0 Å². The van der Waals surface area contributed by atoms with Crippen molar-refractivity contribution >= 4 is 15.9 Å². The summed E-state index contributed by atoms with van der Waals surface area (Å²) in [5, 5.41) is 4.77. The summed E-state index contributed by atoms with van der Waals surface area (Å²) in [5.41, 5.74) is 0. The molecule has 2 heteroatoms. The van der Waals surface area contributed by atoms with Crippen molar-refractivity contribution in [3.05, 3.63) is 0 Å². The second kappa shape index (κ2) is 5.15. The van der Waals surface area contributed by atoms with Gasteiger partial charge in [0, 0.05) is 17.4 Å². The molecular formula is C9H18BrN. The van der Waals surface area contributed by atoms with Gasteiger partial charge in [-0.15, -0.1) is 0 Å². The van der Waals surface area contributed by atoms with Crippen LogP contribution in [0.25, 0.3) is 0 Å². The summed E-state index contributed by atoms with van der Waals surface area (Å²) in [7, 11) is 0. The van der Waals surface area contributed by atoms with Crippen molar-refractivity contribution in [2.45, 2.75) is 51.1 Å². The van der Waals surface area contributed by atoms with Gasteiger partial charge in [-0.2, -0.15) is 0 Å². The number of nitrogens with one attached hydrogen (secondary N) is 1. The maximum Gasteiger partial charge on any atom is 0.00695 e. The van der Waals surface area contributed by atoms with E-state index in [4.69, 9.17) is 0 Å². The fraction of sp³-hybridized carbons (Fsp3) is 1.00. The van der Waals surface area contributed by atoms with E-state index in [9.17, 15) is 0 Å². The van der Waals surface area contributed by atoms with Crippen molar-refractivity contribution in [1.29, 1.82) is 0 Å². The highest BCUT2D eigenvalue weighted by Crippen LogP contribution is 2.18. The van der Waals surface area contributed by atoms with Crippen LogP contribution in [0, 0.1) is 0 Å². The molecule has 1 aliphatic carbocycles. The fourth-order valence-corrected chi connectivity index (χ4v) is 2.43. The lowest BCUT2D eigenvalue weighted by molar-refractivity contribution is 0.444. The van der Waals surface area contributed by atoms with E-state index in [1.54, 1.807) is 0 Å². The Morgan fingerprint density at radius 1 is 1.45 bits per heavy atom. The first-order chi connectivity index (χ1) is 5.33. The number of rotatable bonds is 4. The molecule has 0 aromatic carbocycles. The zero-order valence-electron chi connectivity index (χ0n) is 7.28. The molecule has 11 heavy (non-hydrogen) atoms. The topological polar surface area (TPSA) is 12.0 Å². The molecule has 0 radical (unpaired) electrons. The Morgan fingerprint density at radius 2 is 2.09 bits per heavy atom. The van der Waals surface area contributed by atoms with Crippen molar-refractivity contribution in [1.82, 2.24) is 5.32 Å². The molecule has 66 valence electrons. The zero-order valence-corrected chi connectivity index (χ0v) is 8.86. The molecule has 1 saturated carbocycles. The van der Waals surface area contributed by atoms with Gasteiger partial charge in [0.05, 0.1) is 0 Å². The highest BCUT2D eigenvalue weighted by atomic mass is 79.9. The minimum Gasteiger partial charge on any atom is -0.311 e. The second-order valence-corrected chi connectivity index (χ2v) is 4.32. The first-order valence-electron chi connectivity index (χ1n) is 4.65. The van der Waals surface area contributed by atoms with Crippen LogP contribution in [-0.4, -0.2) is 17.4 Å². The Balaban J connectivity index is 2.08. The number of alkyl halides is 1. The number of hydrogen-bond acceptors (Lipinski definition) is 1. The van der Waals surface area contributed by atoms with Crippen LogP contribution in [0.5, 0.6) is 0 Å². The Kier molecular flexibility index (Phi) is 4.46. The lowest BCUT2D eigenvalue weighted by Crippen LogP contribution is -2.34. The van der Waals surface area contributed by atoms with Crippen LogP contribution in [0.2, 0.25) is 0 Å². The highest BCUT2D eigenvalue weighted by Gasteiger charge is 2.15. The van der Waals surface area contributed by atoms with Crippen LogP contribution in [0.4, 0.5) is 0 Å². The summed E-state index contributed by atoms with van der Waals surface area (Å²) < 4.78 is 0. The van der Waals surface area contributed by atoms with Gasteiger partial charge in [-0.1, -0.05) is 28.8 Å². The van der Waals surface area contributed by atoms with Gasteiger partial charge in [-0.05, 0) is 26.2 Å². The van der Waals surface area contributed by atoms with E-state index < -0.39 is 0 Å². The van der Waals surface area contributed by atoms with Gasteiger partial charge in [-0.25, -0.2) is 0 Å². The van der Waals surface area contributed by atoms with Crippen LogP contribution in [0.3, 0.4) is 0 Å². The Bertz CT molecular complexity index is 99.7. The molecular weight excluding hydrogens is 202 g/mol. The Morgan fingerprint density at radius 3 is 2.64 bits per heavy atom. The van der Waals surface area contributed by atoms with Crippen LogP contribution in [0.1, 0.15) is 39.0 Å². The lowest BCUT2D eigenvalue weighted by Gasteiger charge is -2.17. The molecule has 1 unspecified atom stereocenters. The van der Waals surface area contributed by atoms with E-state index in [1.165, 1.54) is 32.1 Å². The fourth-order valence-electron chi connectivity index (χ4n) is 1.74. The minimum absolute atomic E-state index is 0.692. The molecule has 0 spiro atoms. The largest absolute Gasteiger partial charge is 0.311 e. The van der Waals surface area contributed by atoms with Crippen molar-refractivity contribution in [3.8, 4) is 0 Å². The van der Waals surface area contributed by atoms with Crippen molar-refractivity contribution in [2.75, 3.05) is 5.33 Å². The van der Waals surface area contributed by atoms with E-state index in [1.807, 2.05) is 0 Å². The molecule has 1 nitrogen and oxygen atoms in total. The van der Waals surface area contributed by atoms with Gasteiger partial charge in [0.2, 0.25) is 0 Å². The number of hydrogen-bond donors (Lipinski definition) is 1. The average Bonchev–Trinajstić information content (AvgIpc) is 2.40. The normalized spacial score (nSPS) is 22.4. The molecule has 0 aromatic heterocycles. The SMILES string of the molecule is CC(CCBr)NC1CCCC1. The number of halogens is 1. The van der Waals surface area contributed by atoms with Crippen LogP contribution in [0.15, 0.2) is 0 Å². The monoisotopic (exact) mass is 219 g/mol. The third-order valence-electron chi connectivity index (χ3n) is 2.42. The van der Waals surface area contributed by atoms with Gasteiger partial charge in [0.1, 0.15) is 0 Å². The highest BCUT2D eigenvalue weighted by molar-refractivity contribution is 9.09. The summed E-state index contributed by atoms with van der Waals surface area (Å²) in [6.45, 7) is 2.28. The summed E-state index contributed by atoms with van der Waals surface area (Å²) in [4.78, 5) is 0. The predicted molar refractivity (Wildman–Crippen MR) is 53.3 cm³/mol. The third kappa shape index (κ3) is 3.57. The molecule has 0 saturated heterocycles. The molecule has 0 amide bonds. The molecule has 1 rings (SSSR count). The van der Waals surface area contributed by atoms with Gasteiger partial charge >= 0.3 is 0 Å². The Hall–Kier alpha value is 0.440. The lowest BCUT2D eigenvalue weighted by atomic mass is 10.2. The molecule has 1 fully saturated rings. The summed E-state index contributed by atoms with van der Waals surface area (Å²) in [5.74, 6) is 0. The minimum atomic E-state index is 0.692. The van der Waals surface area contributed by atoms with Gasteiger partial charge in [-0.3, -0.25) is 0 Å². The summed E-state index contributed by atoms with van der Waals surface area (Å²) >= 11 is 3.46. The Labute approximate surface area is 78.1 Å². The zero-order chi connectivity index (χ0) is 8.10. The van der Waals surface area contributed by atoms with Crippen LogP contribution in [-0.2, 0) is 0 Å². The van der Waals surface area contributed by atoms with E-state index in [-0.39, 0.29) is 0 Å². The predicted octanol–water partition coefficient (Wildman–Crippen LogP) is 2.69. The smallest absolute Gasteiger partial charge is 0.00695 e. The van der Waals surface area contributed by atoms with Gasteiger partial charge in [0.25, 0.3) is 0 Å². The quantitative estimate of drug-likeness (QED) is 0.718. The van der Waals surface area contributed by atoms with E-state index in [2.05, 4.69) is 28.2 Å². The average molecular weight is 220 g/mol. The van der Waals surface area contributed by atoms with Crippen molar-refractivity contribution in [3.63, 3.8) is 0 Å². The summed E-state index contributed by atoms with van der Waals surface area (Å²) in [6, 6.07) is 1.52. The maximum absolute atomic E-state index is 3.65. The van der Waals surface area contributed by atoms with Crippen LogP contribution < -0.4 is 5.32 Å². The molecule has 1 N–H and O–H groups in total.